The highest BCUT2D eigenvalue weighted by Crippen LogP contribution is 2.31. The molecule has 1 saturated heterocycles. The molecule has 0 spiro atoms. The summed E-state index contributed by atoms with van der Waals surface area (Å²) in [5.74, 6) is 2.03. The van der Waals surface area contributed by atoms with Crippen LogP contribution >= 0.6 is 11.8 Å². The van der Waals surface area contributed by atoms with E-state index in [-0.39, 0.29) is 0 Å². The minimum absolute atomic E-state index is 0.304. The van der Waals surface area contributed by atoms with Crippen LogP contribution in [0.3, 0.4) is 0 Å². The van der Waals surface area contributed by atoms with Crippen LogP contribution < -0.4 is 4.74 Å². The number of benzene rings is 1. The fourth-order valence-electron chi connectivity index (χ4n) is 2.46. The molecule has 0 aromatic heterocycles. The van der Waals surface area contributed by atoms with Crippen LogP contribution in [-0.4, -0.2) is 35.6 Å². The normalized spacial score (nSPS) is 18.8. The zero-order chi connectivity index (χ0) is 13.9. The molecule has 1 aromatic rings. The second-order valence-electron chi connectivity index (χ2n) is 5.46. The van der Waals surface area contributed by atoms with E-state index in [4.69, 9.17) is 10.00 Å². The molecular formula is C15H20N2OS. The van der Waals surface area contributed by atoms with Crippen molar-refractivity contribution in [3.63, 3.8) is 0 Å². The molecule has 0 saturated carbocycles. The third-order valence-corrected chi connectivity index (χ3v) is 4.61. The van der Waals surface area contributed by atoms with E-state index >= 15 is 0 Å². The Hall–Kier alpha value is -1.18. The van der Waals surface area contributed by atoms with Gasteiger partial charge < -0.3 is 4.74 Å². The zero-order valence-electron chi connectivity index (χ0n) is 11.8. The van der Waals surface area contributed by atoms with E-state index in [2.05, 4.69) is 24.8 Å². The van der Waals surface area contributed by atoms with Crippen molar-refractivity contribution in [3.05, 3.63) is 29.3 Å². The molecule has 0 amide bonds. The number of methoxy groups -OCH3 is 1. The van der Waals surface area contributed by atoms with Gasteiger partial charge in [0.1, 0.15) is 5.75 Å². The Morgan fingerprint density at radius 3 is 2.89 bits per heavy atom. The molecular weight excluding hydrogens is 256 g/mol. The third kappa shape index (κ3) is 3.65. The van der Waals surface area contributed by atoms with Crippen molar-refractivity contribution in [2.24, 2.45) is 0 Å². The Morgan fingerprint density at radius 2 is 2.26 bits per heavy atom. The van der Waals surface area contributed by atoms with Gasteiger partial charge in [0.15, 0.2) is 0 Å². The summed E-state index contributed by atoms with van der Waals surface area (Å²) in [5, 5.41) is 9.01. The van der Waals surface area contributed by atoms with Crippen LogP contribution in [0, 0.1) is 11.3 Å². The predicted molar refractivity (Wildman–Crippen MR) is 79.5 cm³/mol. The summed E-state index contributed by atoms with van der Waals surface area (Å²) in [6, 6.07) is 7.82. The molecule has 19 heavy (non-hydrogen) atoms. The predicted octanol–water partition coefficient (Wildman–Crippen LogP) is 2.89. The molecule has 1 heterocycles. The van der Waals surface area contributed by atoms with Crippen molar-refractivity contribution in [1.29, 1.82) is 5.26 Å². The van der Waals surface area contributed by atoms with E-state index in [9.17, 15) is 0 Å². The number of hydrogen-bond donors (Lipinski definition) is 0. The van der Waals surface area contributed by atoms with Crippen LogP contribution in [0.2, 0.25) is 0 Å². The van der Waals surface area contributed by atoms with Gasteiger partial charge in [0.25, 0.3) is 0 Å². The van der Waals surface area contributed by atoms with Crippen molar-refractivity contribution in [2.75, 3.05) is 26.0 Å². The van der Waals surface area contributed by atoms with Crippen LogP contribution in [0.4, 0.5) is 0 Å². The third-order valence-electron chi connectivity index (χ3n) is 3.31. The van der Waals surface area contributed by atoms with Crippen LogP contribution in [0.15, 0.2) is 18.2 Å². The van der Waals surface area contributed by atoms with Crippen molar-refractivity contribution >= 4 is 11.8 Å². The van der Waals surface area contributed by atoms with Gasteiger partial charge in [-0.25, -0.2) is 0 Å². The Bertz CT molecular complexity index is 493. The van der Waals surface area contributed by atoms with E-state index in [1.54, 1.807) is 13.2 Å². The molecule has 102 valence electrons. The van der Waals surface area contributed by atoms with Gasteiger partial charge in [-0.1, -0.05) is 0 Å². The first kappa shape index (κ1) is 14.2. The molecule has 3 nitrogen and oxygen atoms in total. The molecule has 1 aliphatic rings. The Morgan fingerprint density at radius 1 is 1.47 bits per heavy atom. The van der Waals surface area contributed by atoms with Crippen LogP contribution in [0.25, 0.3) is 0 Å². The van der Waals surface area contributed by atoms with Gasteiger partial charge >= 0.3 is 0 Å². The van der Waals surface area contributed by atoms with Crippen molar-refractivity contribution in [3.8, 4) is 11.8 Å². The largest absolute Gasteiger partial charge is 0.496 e. The highest BCUT2D eigenvalue weighted by atomic mass is 32.2. The molecule has 0 aliphatic carbocycles. The molecule has 0 atom stereocenters. The highest BCUT2D eigenvalue weighted by Gasteiger charge is 2.27. The van der Waals surface area contributed by atoms with Crippen molar-refractivity contribution in [2.45, 2.75) is 25.1 Å². The number of rotatable bonds is 3. The second-order valence-corrected chi connectivity index (χ2v) is 7.26. The maximum absolute atomic E-state index is 9.01. The Labute approximate surface area is 119 Å². The summed E-state index contributed by atoms with van der Waals surface area (Å²) < 4.78 is 5.70. The quantitative estimate of drug-likeness (QED) is 0.850. The smallest absolute Gasteiger partial charge is 0.123 e. The van der Waals surface area contributed by atoms with E-state index in [1.807, 2.05) is 23.9 Å². The average molecular weight is 276 g/mol. The SMILES string of the molecule is COc1ccc(C#N)cc1CN1CCSC(C)(C)C1. The van der Waals surface area contributed by atoms with Gasteiger partial charge in [-0.15, -0.1) is 0 Å². The standard InChI is InChI=1S/C15H20N2OS/c1-15(2)11-17(6-7-19-15)10-13-8-12(9-16)4-5-14(13)18-3/h4-5,8H,6-7,10-11H2,1-3H3. The van der Waals surface area contributed by atoms with Gasteiger partial charge in [0.05, 0.1) is 18.7 Å². The minimum atomic E-state index is 0.304. The minimum Gasteiger partial charge on any atom is -0.496 e. The summed E-state index contributed by atoms with van der Waals surface area (Å²) in [7, 11) is 1.68. The van der Waals surface area contributed by atoms with Gasteiger partial charge in [0.2, 0.25) is 0 Å². The molecule has 0 N–H and O–H groups in total. The molecule has 0 unspecified atom stereocenters. The summed E-state index contributed by atoms with van der Waals surface area (Å²) in [4.78, 5) is 2.44. The lowest BCUT2D eigenvalue weighted by Gasteiger charge is -2.37. The summed E-state index contributed by atoms with van der Waals surface area (Å²) >= 11 is 2.03. The number of nitriles is 1. The van der Waals surface area contributed by atoms with Crippen LogP contribution in [-0.2, 0) is 6.54 Å². The van der Waals surface area contributed by atoms with Crippen LogP contribution in [0.1, 0.15) is 25.0 Å². The van der Waals surface area contributed by atoms with E-state index < -0.39 is 0 Å². The van der Waals surface area contributed by atoms with Gasteiger partial charge in [-0.2, -0.15) is 17.0 Å². The van der Waals surface area contributed by atoms with Gasteiger partial charge in [-0.3, -0.25) is 4.90 Å². The molecule has 2 rings (SSSR count). The summed E-state index contributed by atoms with van der Waals surface area (Å²) in [6.45, 7) is 7.58. The van der Waals surface area contributed by atoms with E-state index in [0.29, 0.717) is 10.3 Å². The molecule has 1 aliphatic heterocycles. The first-order valence-corrected chi connectivity index (χ1v) is 7.46. The average Bonchev–Trinajstić information content (AvgIpc) is 2.37. The van der Waals surface area contributed by atoms with Gasteiger partial charge in [-0.05, 0) is 32.0 Å². The molecule has 0 radical (unpaired) electrons. The van der Waals surface area contributed by atoms with Crippen LogP contribution in [0.5, 0.6) is 5.75 Å². The highest BCUT2D eigenvalue weighted by molar-refractivity contribution is 8.00. The van der Waals surface area contributed by atoms with E-state index in [1.165, 1.54) is 0 Å². The number of thioether (sulfide) groups is 1. The van der Waals surface area contributed by atoms with Gasteiger partial charge in [0, 0.05) is 35.7 Å². The zero-order valence-corrected chi connectivity index (χ0v) is 12.6. The Kier molecular flexibility index (Phi) is 4.38. The Balaban J connectivity index is 2.16. The monoisotopic (exact) mass is 276 g/mol. The van der Waals surface area contributed by atoms with Crippen molar-refractivity contribution in [1.82, 2.24) is 4.90 Å². The van der Waals surface area contributed by atoms with E-state index in [0.717, 1.165) is 36.7 Å². The molecule has 0 bridgehead atoms. The maximum atomic E-state index is 9.01. The topological polar surface area (TPSA) is 36.3 Å². The maximum Gasteiger partial charge on any atom is 0.123 e. The number of ether oxygens (including phenoxy) is 1. The fourth-order valence-corrected chi connectivity index (χ4v) is 3.64. The number of hydrogen-bond acceptors (Lipinski definition) is 4. The molecule has 1 fully saturated rings. The molecule has 4 heteroatoms. The molecule has 1 aromatic carbocycles. The summed E-state index contributed by atoms with van der Waals surface area (Å²) in [5.41, 5.74) is 1.80. The fraction of sp³-hybridized carbons (Fsp3) is 0.533. The lowest BCUT2D eigenvalue weighted by atomic mass is 10.1. The first-order valence-electron chi connectivity index (χ1n) is 6.47. The first-order chi connectivity index (χ1) is 9.04. The lowest BCUT2D eigenvalue weighted by molar-refractivity contribution is 0.248. The van der Waals surface area contributed by atoms with Crippen molar-refractivity contribution < 1.29 is 4.74 Å². The lowest BCUT2D eigenvalue weighted by Crippen LogP contribution is -2.42. The summed E-state index contributed by atoms with van der Waals surface area (Å²) in [6.07, 6.45) is 0. The number of nitrogens with zero attached hydrogens (tertiary/aromatic N) is 2. The second kappa shape index (κ2) is 5.85.